The summed E-state index contributed by atoms with van der Waals surface area (Å²) >= 11 is 0. The normalized spacial score (nSPS) is 13.4. The average molecular weight is 319 g/mol. The van der Waals surface area contributed by atoms with Crippen molar-refractivity contribution in [2.45, 2.75) is 13.3 Å². The Balaban J connectivity index is 1.58. The number of H-pyrrole nitrogens is 1. The number of amides is 2. The number of nitrogens with zero attached hydrogens (tertiary/aromatic N) is 1. The van der Waals surface area contributed by atoms with E-state index in [-0.39, 0.29) is 11.8 Å². The molecule has 4 rings (SSSR count). The van der Waals surface area contributed by atoms with Gasteiger partial charge < -0.3 is 15.2 Å². The molecule has 5 nitrogen and oxygen atoms in total. The predicted molar refractivity (Wildman–Crippen MR) is 94.4 cm³/mol. The number of aromatic amines is 1. The van der Waals surface area contributed by atoms with E-state index in [1.54, 1.807) is 4.90 Å². The number of para-hydroxylation sites is 1. The Hall–Kier alpha value is -3.08. The Morgan fingerprint density at radius 1 is 1.21 bits per heavy atom. The highest BCUT2D eigenvalue weighted by Gasteiger charge is 2.26. The number of hydrogen-bond donors (Lipinski definition) is 2. The fraction of sp³-hybridized carbons (Fsp3) is 0.158. The molecule has 0 saturated carbocycles. The van der Waals surface area contributed by atoms with Crippen LogP contribution in [0.1, 0.15) is 23.0 Å². The second kappa shape index (κ2) is 5.53. The lowest BCUT2D eigenvalue weighted by molar-refractivity contribution is -0.117. The molecule has 0 spiro atoms. The second-order valence-corrected chi connectivity index (χ2v) is 5.88. The third-order valence-corrected chi connectivity index (χ3v) is 4.36. The summed E-state index contributed by atoms with van der Waals surface area (Å²) in [5, 5.41) is 3.90. The number of benzene rings is 2. The number of rotatable bonds is 3. The minimum Gasteiger partial charge on any atom is -0.351 e. The molecule has 2 amide bonds. The molecule has 0 bridgehead atoms. The highest BCUT2D eigenvalue weighted by atomic mass is 16.2. The first-order chi connectivity index (χ1) is 11.7. The summed E-state index contributed by atoms with van der Waals surface area (Å²) in [7, 11) is 0. The molecule has 120 valence electrons. The van der Waals surface area contributed by atoms with E-state index in [0.29, 0.717) is 24.3 Å². The molecule has 24 heavy (non-hydrogen) atoms. The number of likely N-dealkylation sites (N-methyl/N-ethyl adjacent to an activating group) is 1. The van der Waals surface area contributed by atoms with Crippen molar-refractivity contribution in [2.24, 2.45) is 0 Å². The van der Waals surface area contributed by atoms with E-state index >= 15 is 0 Å². The molecule has 1 aliphatic heterocycles. The van der Waals surface area contributed by atoms with Gasteiger partial charge in [-0.15, -0.1) is 0 Å². The fourth-order valence-electron chi connectivity index (χ4n) is 3.20. The van der Waals surface area contributed by atoms with Crippen molar-refractivity contribution >= 4 is 34.1 Å². The average Bonchev–Trinajstić information content (AvgIpc) is 3.14. The minimum atomic E-state index is -0.192. The molecule has 0 atom stereocenters. The maximum absolute atomic E-state index is 12.4. The smallest absolute Gasteiger partial charge is 0.272 e. The molecule has 2 aromatic carbocycles. The summed E-state index contributed by atoms with van der Waals surface area (Å²) in [6, 6.07) is 15.2. The molecule has 2 N–H and O–H groups in total. The number of aromatic nitrogens is 1. The number of anilines is 2. The first-order valence-corrected chi connectivity index (χ1v) is 7.98. The first-order valence-electron chi connectivity index (χ1n) is 7.98. The highest BCUT2D eigenvalue weighted by Crippen LogP contribution is 2.31. The van der Waals surface area contributed by atoms with Crippen molar-refractivity contribution in [1.82, 2.24) is 4.98 Å². The van der Waals surface area contributed by atoms with Crippen LogP contribution in [0.25, 0.3) is 10.9 Å². The van der Waals surface area contributed by atoms with E-state index in [1.165, 1.54) is 0 Å². The van der Waals surface area contributed by atoms with Gasteiger partial charge in [-0.3, -0.25) is 9.59 Å². The zero-order valence-electron chi connectivity index (χ0n) is 13.3. The minimum absolute atomic E-state index is 0.103. The molecule has 0 saturated heterocycles. The molecule has 0 aliphatic carbocycles. The van der Waals surface area contributed by atoms with E-state index in [1.807, 2.05) is 55.5 Å². The zero-order chi connectivity index (χ0) is 16.7. The van der Waals surface area contributed by atoms with Gasteiger partial charge in [-0.2, -0.15) is 0 Å². The number of carbonyl (C=O) groups is 2. The van der Waals surface area contributed by atoms with Crippen LogP contribution in [0.2, 0.25) is 0 Å². The molecule has 3 aromatic rings. The van der Waals surface area contributed by atoms with Crippen molar-refractivity contribution in [2.75, 3.05) is 16.8 Å². The van der Waals surface area contributed by atoms with E-state index < -0.39 is 0 Å². The summed E-state index contributed by atoms with van der Waals surface area (Å²) < 4.78 is 0. The lowest BCUT2D eigenvalue weighted by atomic mass is 10.1. The van der Waals surface area contributed by atoms with E-state index in [4.69, 9.17) is 0 Å². The fourth-order valence-corrected chi connectivity index (χ4v) is 3.20. The van der Waals surface area contributed by atoms with Gasteiger partial charge in [0.2, 0.25) is 5.91 Å². The Bertz CT molecular complexity index is 925. The van der Waals surface area contributed by atoms with Crippen LogP contribution in [0.5, 0.6) is 0 Å². The Morgan fingerprint density at radius 3 is 2.83 bits per heavy atom. The topological polar surface area (TPSA) is 65.2 Å². The molecular formula is C19H17N3O2. The predicted octanol–water partition coefficient (Wildman–Crippen LogP) is 3.33. The molecule has 1 aromatic heterocycles. The molecule has 0 radical (unpaired) electrons. The van der Waals surface area contributed by atoms with Crippen LogP contribution in [0.15, 0.2) is 48.5 Å². The number of carbonyl (C=O) groups excluding carboxylic acids is 2. The van der Waals surface area contributed by atoms with Crippen molar-refractivity contribution in [3.8, 4) is 0 Å². The maximum atomic E-state index is 12.4. The van der Waals surface area contributed by atoms with Crippen LogP contribution in [0.3, 0.4) is 0 Å². The Morgan fingerprint density at radius 2 is 2.04 bits per heavy atom. The van der Waals surface area contributed by atoms with Crippen molar-refractivity contribution in [3.63, 3.8) is 0 Å². The third-order valence-electron chi connectivity index (χ3n) is 4.36. The SMILES string of the molecule is CCN1C(=O)Cc2cc(NC(=O)c3cc4ccccc4[nH]3)ccc21. The van der Waals surface area contributed by atoms with Crippen LogP contribution in [-0.2, 0) is 11.2 Å². The lowest BCUT2D eigenvalue weighted by Gasteiger charge is -2.14. The monoisotopic (exact) mass is 319 g/mol. The first kappa shape index (κ1) is 14.5. The van der Waals surface area contributed by atoms with Crippen molar-refractivity contribution < 1.29 is 9.59 Å². The highest BCUT2D eigenvalue weighted by molar-refractivity contribution is 6.07. The van der Waals surface area contributed by atoms with Gasteiger partial charge >= 0.3 is 0 Å². The number of hydrogen-bond acceptors (Lipinski definition) is 2. The van der Waals surface area contributed by atoms with Gasteiger partial charge in [0.1, 0.15) is 5.69 Å². The standard InChI is InChI=1S/C19H17N3O2/c1-2-22-17-8-7-14(9-13(17)11-18(22)23)20-19(24)16-10-12-5-3-4-6-15(12)21-16/h3-10,21H,2,11H2,1H3,(H,20,24). The summed E-state index contributed by atoms with van der Waals surface area (Å²) in [6.45, 7) is 2.62. The van der Waals surface area contributed by atoms with Crippen LogP contribution in [0, 0.1) is 0 Å². The van der Waals surface area contributed by atoms with Crippen molar-refractivity contribution in [3.05, 3.63) is 59.8 Å². The van der Waals surface area contributed by atoms with E-state index in [9.17, 15) is 9.59 Å². The van der Waals surface area contributed by atoms with Crippen LogP contribution in [0.4, 0.5) is 11.4 Å². The van der Waals surface area contributed by atoms with Gasteiger partial charge in [-0.25, -0.2) is 0 Å². The van der Waals surface area contributed by atoms with Gasteiger partial charge in [-0.1, -0.05) is 18.2 Å². The number of nitrogens with one attached hydrogen (secondary N) is 2. The second-order valence-electron chi connectivity index (χ2n) is 5.88. The molecule has 1 aliphatic rings. The Kier molecular flexibility index (Phi) is 3.34. The van der Waals surface area contributed by atoms with Crippen LogP contribution < -0.4 is 10.2 Å². The van der Waals surface area contributed by atoms with Gasteiger partial charge in [0, 0.05) is 28.8 Å². The maximum Gasteiger partial charge on any atom is 0.272 e. The summed E-state index contributed by atoms with van der Waals surface area (Å²) in [4.78, 5) is 29.3. The summed E-state index contributed by atoms with van der Waals surface area (Å²) in [6.07, 6.45) is 0.388. The zero-order valence-corrected chi connectivity index (χ0v) is 13.3. The quantitative estimate of drug-likeness (QED) is 0.777. The molecule has 0 unspecified atom stereocenters. The van der Waals surface area contributed by atoms with Gasteiger partial charge in [-0.05, 0) is 42.8 Å². The van der Waals surface area contributed by atoms with Crippen LogP contribution >= 0.6 is 0 Å². The van der Waals surface area contributed by atoms with Crippen LogP contribution in [-0.4, -0.2) is 23.3 Å². The van der Waals surface area contributed by atoms with Gasteiger partial charge in [0.05, 0.1) is 6.42 Å². The van der Waals surface area contributed by atoms with E-state index in [2.05, 4.69) is 10.3 Å². The largest absolute Gasteiger partial charge is 0.351 e. The third kappa shape index (κ3) is 2.34. The molecule has 5 heteroatoms. The van der Waals surface area contributed by atoms with Gasteiger partial charge in [0.25, 0.3) is 5.91 Å². The van der Waals surface area contributed by atoms with Crippen molar-refractivity contribution in [1.29, 1.82) is 0 Å². The molecular weight excluding hydrogens is 302 g/mol. The lowest BCUT2D eigenvalue weighted by Crippen LogP contribution is -2.25. The van der Waals surface area contributed by atoms with E-state index in [0.717, 1.165) is 22.2 Å². The van der Waals surface area contributed by atoms with Gasteiger partial charge in [0.15, 0.2) is 0 Å². The molecule has 0 fully saturated rings. The summed E-state index contributed by atoms with van der Waals surface area (Å²) in [5.41, 5.74) is 4.04. The summed E-state index contributed by atoms with van der Waals surface area (Å²) in [5.74, 6) is -0.0885. The molecule has 2 heterocycles. The number of fused-ring (bicyclic) bond motifs is 2. The Labute approximate surface area is 139 Å².